The second-order valence-corrected chi connectivity index (χ2v) is 8.39. The number of para-hydroxylation sites is 1. The Morgan fingerprint density at radius 1 is 0.971 bits per heavy atom. The van der Waals surface area contributed by atoms with Crippen LogP contribution in [0.5, 0.6) is 11.5 Å². The predicted molar refractivity (Wildman–Crippen MR) is 133 cm³/mol. The molecule has 0 aliphatic carbocycles. The van der Waals surface area contributed by atoms with Gasteiger partial charge in [0.15, 0.2) is 0 Å². The van der Waals surface area contributed by atoms with Gasteiger partial charge in [-0.3, -0.25) is 0 Å². The van der Waals surface area contributed by atoms with Crippen LogP contribution in [0, 0.1) is 0 Å². The van der Waals surface area contributed by atoms with Gasteiger partial charge >= 0.3 is 6.03 Å². The van der Waals surface area contributed by atoms with Crippen LogP contribution in [0.15, 0.2) is 85.1 Å². The number of carbonyl (C=O) groups is 1. The van der Waals surface area contributed by atoms with Gasteiger partial charge in [0.05, 0.1) is 37.8 Å². The summed E-state index contributed by atoms with van der Waals surface area (Å²) in [6.45, 7) is 0.401. The fourth-order valence-electron chi connectivity index (χ4n) is 4.45. The van der Waals surface area contributed by atoms with E-state index in [1.807, 2.05) is 65.7 Å². The number of methoxy groups -OCH3 is 2. The molecule has 0 saturated heterocycles. The van der Waals surface area contributed by atoms with Crippen molar-refractivity contribution in [2.24, 2.45) is 0 Å². The zero-order chi connectivity index (χ0) is 23.7. The van der Waals surface area contributed by atoms with Crippen LogP contribution in [0.25, 0.3) is 5.69 Å². The smallest absolute Gasteiger partial charge is 0.323 e. The Labute approximate surface area is 203 Å². The van der Waals surface area contributed by atoms with E-state index in [0.29, 0.717) is 28.8 Å². The first kappa shape index (κ1) is 21.9. The molecule has 0 fully saturated rings. The van der Waals surface area contributed by atoms with Crippen LogP contribution in [-0.2, 0) is 6.54 Å². The maximum Gasteiger partial charge on any atom is 0.323 e. The third-order valence-corrected chi connectivity index (χ3v) is 6.42. The summed E-state index contributed by atoms with van der Waals surface area (Å²) < 4.78 is 12.9. The summed E-state index contributed by atoms with van der Waals surface area (Å²) in [6, 6.07) is 24.4. The lowest BCUT2D eigenvalue weighted by molar-refractivity contribution is 0.194. The first-order chi connectivity index (χ1) is 16.6. The molecule has 2 amide bonds. The third-order valence-electron chi connectivity index (χ3n) is 6.07. The van der Waals surface area contributed by atoms with Crippen LogP contribution < -0.4 is 14.8 Å². The molecule has 6 nitrogen and oxygen atoms in total. The lowest BCUT2D eigenvalue weighted by Gasteiger charge is -2.31. The maximum atomic E-state index is 13.9. The summed E-state index contributed by atoms with van der Waals surface area (Å²) in [4.78, 5) is 15.7. The highest BCUT2D eigenvalue weighted by Crippen LogP contribution is 2.40. The largest absolute Gasteiger partial charge is 0.497 e. The van der Waals surface area contributed by atoms with Gasteiger partial charge in [-0.1, -0.05) is 48.0 Å². The molecule has 2 heterocycles. The summed E-state index contributed by atoms with van der Waals surface area (Å²) in [5.74, 6) is 1.16. The maximum absolute atomic E-state index is 13.9. The van der Waals surface area contributed by atoms with E-state index in [0.717, 1.165) is 22.5 Å². The molecule has 0 bridgehead atoms. The lowest BCUT2D eigenvalue weighted by atomic mass is 10.0. The van der Waals surface area contributed by atoms with Crippen LogP contribution in [0.2, 0.25) is 5.02 Å². The quantitative estimate of drug-likeness (QED) is 0.379. The number of benzene rings is 3. The summed E-state index contributed by atoms with van der Waals surface area (Å²) in [7, 11) is 3.15. The second kappa shape index (κ2) is 9.15. The highest BCUT2D eigenvalue weighted by atomic mass is 35.5. The van der Waals surface area contributed by atoms with Crippen molar-refractivity contribution < 1.29 is 14.3 Å². The molecule has 7 heteroatoms. The number of fused-ring (bicyclic) bond motifs is 3. The van der Waals surface area contributed by atoms with Crippen LogP contribution in [0.1, 0.15) is 22.9 Å². The molecule has 34 heavy (non-hydrogen) atoms. The van der Waals surface area contributed by atoms with Crippen LogP contribution in [0.4, 0.5) is 10.5 Å². The average Bonchev–Trinajstić information content (AvgIpc) is 3.29. The van der Waals surface area contributed by atoms with Gasteiger partial charge in [0.1, 0.15) is 17.5 Å². The van der Waals surface area contributed by atoms with Crippen molar-refractivity contribution in [1.82, 2.24) is 9.47 Å². The van der Waals surface area contributed by atoms with Gasteiger partial charge in [-0.05, 0) is 47.5 Å². The van der Waals surface area contributed by atoms with E-state index in [1.54, 1.807) is 32.4 Å². The molecule has 3 aromatic carbocycles. The minimum atomic E-state index is -0.402. The molecule has 0 saturated carbocycles. The number of hydrogen-bond donors (Lipinski definition) is 1. The van der Waals surface area contributed by atoms with Crippen molar-refractivity contribution in [3.63, 3.8) is 0 Å². The number of aromatic nitrogens is 1. The van der Waals surface area contributed by atoms with E-state index < -0.39 is 6.04 Å². The molecular formula is C27H24ClN3O3. The minimum absolute atomic E-state index is 0.266. The number of nitrogens with zero attached hydrogens (tertiary/aromatic N) is 2. The molecule has 5 rings (SSSR count). The van der Waals surface area contributed by atoms with Crippen molar-refractivity contribution in [2.45, 2.75) is 12.6 Å². The van der Waals surface area contributed by atoms with Gasteiger partial charge in [-0.25, -0.2) is 4.79 Å². The van der Waals surface area contributed by atoms with Crippen molar-refractivity contribution in [1.29, 1.82) is 0 Å². The van der Waals surface area contributed by atoms with Crippen molar-refractivity contribution in [3.05, 3.63) is 107 Å². The molecular weight excluding hydrogens is 450 g/mol. The van der Waals surface area contributed by atoms with Crippen LogP contribution in [0.3, 0.4) is 0 Å². The van der Waals surface area contributed by atoms with E-state index in [9.17, 15) is 4.79 Å². The SMILES string of the molecule is COc1ccc(NC(=O)N2Cc3ccccc3-n3cccc3[C@H]2c2ccccc2Cl)c(OC)c1. The van der Waals surface area contributed by atoms with E-state index in [2.05, 4.69) is 16.0 Å². The molecule has 1 atom stereocenters. The second-order valence-electron chi connectivity index (χ2n) is 7.98. The monoisotopic (exact) mass is 473 g/mol. The Morgan fingerprint density at radius 3 is 2.56 bits per heavy atom. The van der Waals surface area contributed by atoms with Gasteiger partial charge in [-0.15, -0.1) is 0 Å². The summed E-state index contributed by atoms with van der Waals surface area (Å²) in [6.07, 6.45) is 2.02. The number of nitrogens with one attached hydrogen (secondary N) is 1. The number of halogens is 1. The highest BCUT2D eigenvalue weighted by molar-refractivity contribution is 6.31. The first-order valence-corrected chi connectivity index (χ1v) is 11.3. The Kier molecular flexibility index (Phi) is 5.90. The van der Waals surface area contributed by atoms with Gasteiger partial charge in [0.2, 0.25) is 0 Å². The molecule has 0 unspecified atom stereocenters. The molecule has 172 valence electrons. The van der Waals surface area contributed by atoms with Gasteiger partial charge in [0, 0.05) is 17.3 Å². The van der Waals surface area contributed by atoms with Gasteiger partial charge in [0.25, 0.3) is 0 Å². The first-order valence-electron chi connectivity index (χ1n) is 10.9. The Bertz CT molecular complexity index is 1350. The number of anilines is 1. The molecule has 1 aromatic heterocycles. The molecule has 1 N–H and O–H groups in total. The fraction of sp³-hybridized carbons (Fsp3) is 0.148. The molecule has 1 aliphatic heterocycles. The number of carbonyl (C=O) groups excluding carboxylic acids is 1. The van der Waals surface area contributed by atoms with Crippen LogP contribution >= 0.6 is 11.6 Å². The summed E-state index contributed by atoms with van der Waals surface area (Å²) in [5, 5.41) is 3.64. The molecule has 4 aromatic rings. The van der Waals surface area contributed by atoms with Crippen molar-refractivity contribution >= 4 is 23.3 Å². The summed E-state index contributed by atoms with van der Waals surface area (Å²) >= 11 is 6.67. The van der Waals surface area contributed by atoms with Gasteiger partial charge in [-0.2, -0.15) is 0 Å². The number of urea groups is 1. The number of rotatable bonds is 4. The van der Waals surface area contributed by atoms with Crippen molar-refractivity contribution in [2.75, 3.05) is 19.5 Å². The normalized spacial score (nSPS) is 14.6. The van der Waals surface area contributed by atoms with E-state index in [4.69, 9.17) is 21.1 Å². The third kappa shape index (κ3) is 3.86. The van der Waals surface area contributed by atoms with Crippen LogP contribution in [-0.4, -0.2) is 29.7 Å². The highest BCUT2D eigenvalue weighted by Gasteiger charge is 2.34. The Hall–Kier alpha value is -3.90. The minimum Gasteiger partial charge on any atom is -0.497 e. The number of ether oxygens (including phenoxy) is 2. The molecule has 0 radical (unpaired) electrons. The zero-order valence-electron chi connectivity index (χ0n) is 18.9. The fourth-order valence-corrected chi connectivity index (χ4v) is 4.69. The molecule has 0 spiro atoms. The molecule has 1 aliphatic rings. The van der Waals surface area contributed by atoms with E-state index in [-0.39, 0.29) is 6.03 Å². The van der Waals surface area contributed by atoms with Crippen molar-refractivity contribution in [3.8, 4) is 17.2 Å². The topological polar surface area (TPSA) is 55.7 Å². The zero-order valence-corrected chi connectivity index (χ0v) is 19.6. The standard InChI is InChI=1S/C27H24ClN3O3/c1-33-19-13-14-22(25(16-19)34-2)29-27(32)31-17-18-8-3-6-11-23(18)30-15-7-12-24(30)26(31)20-9-4-5-10-21(20)28/h3-16,26H,17H2,1-2H3,(H,29,32)/t26-/m1/s1. The van der Waals surface area contributed by atoms with E-state index >= 15 is 0 Å². The van der Waals surface area contributed by atoms with E-state index in [1.165, 1.54) is 0 Å². The Balaban J connectivity index is 1.62. The van der Waals surface area contributed by atoms with Gasteiger partial charge < -0.3 is 24.3 Å². The predicted octanol–water partition coefficient (Wildman–Crippen LogP) is 6.29. The average molecular weight is 474 g/mol. The number of amides is 2. The lowest BCUT2D eigenvalue weighted by Crippen LogP contribution is -2.38. The number of hydrogen-bond acceptors (Lipinski definition) is 3. The summed E-state index contributed by atoms with van der Waals surface area (Å²) in [5.41, 5.74) is 4.44. The Morgan fingerprint density at radius 2 is 1.76 bits per heavy atom.